The number of amides is 1. The molecule has 1 aromatic carbocycles. The minimum atomic E-state index is -0.233. The Balaban J connectivity index is 2.32. The van der Waals surface area contributed by atoms with E-state index in [1.807, 2.05) is 38.1 Å². The van der Waals surface area contributed by atoms with E-state index in [0.29, 0.717) is 26.3 Å². The molecule has 0 aliphatic carbocycles. The summed E-state index contributed by atoms with van der Waals surface area (Å²) in [5.74, 6) is 0.862. The van der Waals surface area contributed by atoms with Gasteiger partial charge in [-0.1, -0.05) is 12.1 Å². The predicted molar refractivity (Wildman–Crippen MR) is 83.4 cm³/mol. The summed E-state index contributed by atoms with van der Waals surface area (Å²) in [6.07, 6.45) is 0.825. The third kappa shape index (κ3) is 7.11. The molecule has 1 aromatic rings. The first-order valence-corrected chi connectivity index (χ1v) is 7.39. The Kier molecular flexibility index (Phi) is 8.47. The van der Waals surface area contributed by atoms with Crippen molar-refractivity contribution < 1.29 is 14.3 Å². The SMILES string of the molecule is CCOc1cccc(CNC(C)C(=O)NCCCOC)c1. The van der Waals surface area contributed by atoms with Crippen LogP contribution >= 0.6 is 0 Å². The van der Waals surface area contributed by atoms with Gasteiger partial charge >= 0.3 is 0 Å². The molecule has 5 nitrogen and oxygen atoms in total. The number of carbonyl (C=O) groups is 1. The zero-order valence-electron chi connectivity index (χ0n) is 13.1. The highest BCUT2D eigenvalue weighted by Crippen LogP contribution is 2.13. The quantitative estimate of drug-likeness (QED) is 0.645. The molecule has 0 heterocycles. The van der Waals surface area contributed by atoms with Crippen LogP contribution in [0.2, 0.25) is 0 Å². The maximum absolute atomic E-state index is 11.9. The van der Waals surface area contributed by atoms with Crippen LogP contribution in [-0.4, -0.2) is 38.8 Å². The fourth-order valence-electron chi connectivity index (χ4n) is 1.86. The van der Waals surface area contributed by atoms with Crippen LogP contribution in [0.1, 0.15) is 25.8 Å². The van der Waals surface area contributed by atoms with Crippen molar-refractivity contribution in [2.45, 2.75) is 32.9 Å². The van der Waals surface area contributed by atoms with E-state index < -0.39 is 0 Å². The van der Waals surface area contributed by atoms with Crippen molar-refractivity contribution in [1.29, 1.82) is 0 Å². The maximum atomic E-state index is 11.9. The van der Waals surface area contributed by atoms with Crippen molar-refractivity contribution in [3.63, 3.8) is 0 Å². The van der Waals surface area contributed by atoms with Crippen molar-refractivity contribution in [2.75, 3.05) is 26.9 Å². The Morgan fingerprint density at radius 3 is 2.90 bits per heavy atom. The van der Waals surface area contributed by atoms with Gasteiger partial charge in [0.2, 0.25) is 5.91 Å². The van der Waals surface area contributed by atoms with Gasteiger partial charge < -0.3 is 20.1 Å². The molecule has 2 N–H and O–H groups in total. The Bertz CT molecular complexity index is 424. The molecule has 0 spiro atoms. The Morgan fingerprint density at radius 1 is 1.38 bits per heavy atom. The highest BCUT2D eigenvalue weighted by molar-refractivity contribution is 5.81. The summed E-state index contributed by atoms with van der Waals surface area (Å²) in [7, 11) is 1.66. The smallest absolute Gasteiger partial charge is 0.236 e. The number of hydrogen-bond acceptors (Lipinski definition) is 4. The molecular weight excluding hydrogens is 268 g/mol. The first-order chi connectivity index (χ1) is 10.2. The lowest BCUT2D eigenvalue weighted by molar-refractivity contribution is -0.122. The van der Waals surface area contributed by atoms with Crippen LogP contribution in [0.15, 0.2) is 24.3 Å². The minimum absolute atomic E-state index is 0.00654. The summed E-state index contributed by atoms with van der Waals surface area (Å²) in [5.41, 5.74) is 1.10. The maximum Gasteiger partial charge on any atom is 0.236 e. The Labute approximate surface area is 127 Å². The van der Waals surface area contributed by atoms with E-state index in [4.69, 9.17) is 9.47 Å². The van der Waals surface area contributed by atoms with E-state index in [-0.39, 0.29) is 11.9 Å². The predicted octanol–water partition coefficient (Wildman–Crippen LogP) is 1.72. The molecule has 1 amide bonds. The molecule has 0 radical (unpaired) electrons. The van der Waals surface area contributed by atoms with Gasteiger partial charge in [0.25, 0.3) is 0 Å². The number of rotatable bonds is 10. The van der Waals surface area contributed by atoms with Gasteiger partial charge in [-0.25, -0.2) is 0 Å². The summed E-state index contributed by atoms with van der Waals surface area (Å²) in [6, 6.07) is 7.65. The monoisotopic (exact) mass is 294 g/mol. The van der Waals surface area contributed by atoms with E-state index in [1.165, 1.54) is 0 Å². The van der Waals surface area contributed by atoms with E-state index >= 15 is 0 Å². The highest BCUT2D eigenvalue weighted by Gasteiger charge is 2.11. The van der Waals surface area contributed by atoms with Gasteiger partial charge in [-0.15, -0.1) is 0 Å². The second kappa shape index (κ2) is 10.2. The first kappa shape index (κ1) is 17.5. The minimum Gasteiger partial charge on any atom is -0.494 e. The molecule has 5 heteroatoms. The lowest BCUT2D eigenvalue weighted by Crippen LogP contribution is -2.42. The second-order valence-corrected chi connectivity index (χ2v) is 4.82. The molecule has 0 aliphatic rings. The van der Waals surface area contributed by atoms with E-state index in [2.05, 4.69) is 10.6 Å². The standard InChI is InChI=1S/C16H26N2O3/c1-4-21-15-8-5-7-14(11-15)12-18-13(2)16(19)17-9-6-10-20-3/h5,7-8,11,13,18H,4,6,9-10,12H2,1-3H3,(H,17,19). The fourth-order valence-corrected chi connectivity index (χ4v) is 1.86. The molecule has 1 unspecified atom stereocenters. The number of hydrogen-bond donors (Lipinski definition) is 2. The molecule has 1 atom stereocenters. The number of ether oxygens (including phenoxy) is 2. The van der Waals surface area contributed by atoms with Crippen molar-refractivity contribution in [3.8, 4) is 5.75 Å². The van der Waals surface area contributed by atoms with Crippen LogP contribution in [0, 0.1) is 0 Å². The topological polar surface area (TPSA) is 59.6 Å². The number of carbonyl (C=O) groups excluding carboxylic acids is 1. The molecule has 118 valence electrons. The summed E-state index contributed by atoms with van der Waals surface area (Å²) >= 11 is 0. The molecular formula is C16H26N2O3. The highest BCUT2D eigenvalue weighted by atomic mass is 16.5. The van der Waals surface area contributed by atoms with Crippen molar-refractivity contribution in [1.82, 2.24) is 10.6 Å². The third-order valence-electron chi connectivity index (χ3n) is 3.04. The largest absolute Gasteiger partial charge is 0.494 e. The van der Waals surface area contributed by atoms with Crippen molar-refractivity contribution >= 4 is 5.91 Å². The van der Waals surface area contributed by atoms with E-state index in [0.717, 1.165) is 17.7 Å². The van der Waals surface area contributed by atoms with Crippen LogP contribution in [-0.2, 0) is 16.1 Å². The first-order valence-electron chi connectivity index (χ1n) is 7.39. The Morgan fingerprint density at radius 2 is 2.19 bits per heavy atom. The second-order valence-electron chi connectivity index (χ2n) is 4.82. The normalized spacial score (nSPS) is 12.0. The number of benzene rings is 1. The lowest BCUT2D eigenvalue weighted by Gasteiger charge is -2.14. The lowest BCUT2D eigenvalue weighted by atomic mass is 10.2. The van der Waals surface area contributed by atoms with Crippen LogP contribution in [0.5, 0.6) is 5.75 Å². The summed E-state index contributed by atoms with van der Waals surface area (Å²) in [4.78, 5) is 11.9. The number of nitrogens with one attached hydrogen (secondary N) is 2. The van der Waals surface area contributed by atoms with Crippen LogP contribution in [0.3, 0.4) is 0 Å². The van der Waals surface area contributed by atoms with Gasteiger partial charge in [-0.2, -0.15) is 0 Å². The van der Waals surface area contributed by atoms with Gasteiger partial charge in [0.1, 0.15) is 5.75 Å². The zero-order chi connectivity index (χ0) is 15.5. The summed E-state index contributed by atoms with van der Waals surface area (Å²) in [5, 5.41) is 6.09. The van der Waals surface area contributed by atoms with Crippen LogP contribution in [0.4, 0.5) is 0 Å². The molecule has 1 rings (SSSR count). The molecule has 0 aliphatic heterocycles. The molecule has 21 heavy (non-hydrogen) atoms. The molecule has 0 saturated heterocycles. The van der Waals surface area contributed by atoms with E-state index in [9.17, 15) is 4.79 Å². The molecule has 0 aromatic heterocycles. The Hall–Kier alpha value is -1.59. The molecule has 0 bridgehead atoms. The van der Waals surface area contributed by atoms with Crippen molar-refractivity contribution in [2.24, 2.45) is 0 Å². The fraction of sp³-hybridized carbons (Fsp3) is 0.562. The average Bonchev–Trinajstić information content (AvgIpc) is 2.49. The van der Waals surface area contributed by atoms with Gasteiger partial charge in [-0.3, -0.25) is 4.79 Å². The van der Waals surface area contributed by atoms with Crippen molar-refractivity contribution in [3.05, 3.63) is 29.8 Å². The van der Waals surface area contributed by atoms with Crippen LogP contribution in [0.25, 0.3) is 0 Å². The van der Waals surface area contributed by atoms with Crippen LogP contribution < -0.4 is 15.4 Å². The van der Waals surface area contributed by atoms with Gasteiger partial charge in [0.05, 0.1) is 12.6 Å². The molecule has 0 fully saturated rings. The number of methoxy groups -OCH3 is 1. The zero-order valence-corrected chi connectivity index (χ0v) is 13.1. The third-order valence-corrected chi connectivity index (χ3v) is 3.04. The summed E-state index contributed by atoms with van der Waals surface area (Å²) in [6.45, 7) is 6.40. The average molecular weight is 294 g/mol. The van der Waals surface area contributed by atoms with Gasteiger partial charge in [-0.05, 0) is 38.0 Å². The van der Waals surface area contributed by atoms with Gasteiger partial charge in [0.15, 0.2) is 0 Å². The molecule has 0 saturated carbocycles. The summed E-state index contributed by atoms with van der Waals surface area (Å²) < 4.78 is 10.4. The van der Waals surface area contributed by atoms with Gasteiger partial charge in [0, 0.05) is 26.8 Å². The van der Waals surface area contributed by atoms with E-state index in [1.54, 1.807) is 7.11 Å².